The van der Waals surface area contributed by atoms with Crippen LogP contribution in [0.5, 0.6) is 0 Å². The molecule has 1 N–H and O–H groups in total. The number of likely N-dealkylation sites (tertiary alicyclic amines) is 1. The molecule has 1 atom stereocenters. The molecular weight excluding hydrogens is 372 g/mol. The number of β-amino-alcohol motifs (C(OH)–C–C–N with tert-alkyl or cyclic N) is 1. The van der Waals surface area contributed by atoms with Crippen LogP contribution in [0.25, 0.3) is 10.2 Å². The van der Waals surface area contributed by atoms with E-state index in [0.29, 0.717) is 5.92 Å². The lowest BCUT2D eigenvalue weighted by atomic mass is 9.97. The van der Waals surface area contributed by atoms with E-state index in [1.165, 1.54) is 4.70 Å². The molecule has 2 aliphatic rings. The molecule has 8 heteroatoms. The Balaban J connectivity index is 1.14. The van der Waals surface area contributed by atoms with Crippen LogP contribution in [0.15, 0.2) is 30.5 Å². The summed E-state index contributed by atoms with van der Waals surface area (Å²) < 4.78 is 3.26. The Morgan fingerprint density at radius 3 is 2.75 bits per heavy atom. The Kier molecular flexibility index (Phi) is 5.00. The van der Waals surface area contributed by atoms with Gasteiger partial charge >= 0.3 is 0 Å². The maximum Gasteiger partial charge on any atom is 0.186 e. The van der Waals surface area contributed by atoms with Gasteiger partial charge in [0.05, 0.1) is 22.0 Å². The van der Waals surface area contributed by atoms with Gasteiger partial charge in [0.15, 0.2) is 5.13 Å². The second-order valence-electron chi connectivity index (χ2n) is 8.00. The van der Waals surface area contributed by atoms with Crippen LogP contribution >= 0.6 is 11.3 Å². The summed E-state index contributed by atoms with van der Waals surface area (Å²) in [6, 6.07) is 8.37. The van der Waals surface area contributed by atoms with E-state index in [1.54, 1.807) is 11.3 Å². The van der Waals surface area contributed by atoms with Crippen LogP contribution < -0.4 is 4.90 Å². The lowest BCUT2D eigenvalue weighted by molar-refractivity contribution is 0.174. The number of piperidine rings is 1. The summed E-state index contributed by atoms with van der Waals surface area (Å²) in [5.41, 5.74) is 2.10. The molecule has 1 aromatic carbocycles. The molecule has 0 radical (unpaired) electrons. The van der Waals surface area contributed by atoms with E-state index in [2.05, 4.69) is 50.6 Å². The number of hydrogen-bond acceptors (Lipinski definition) is 7. The summed E-state index contributed by atoms with van der Waals surface area (Å²) in [5, 5.41) is 19.5. The molecule has 28 heavy (non-hydrogen) atoms. The zero-order chi connectivity index (χ0) is 18.9. The number of rotatable bonds is 5. The first-order valence-electron chi connectivity index (χ1n) is 10.1. The Bertz CT molecular complexity index is 899. The van der Waals surface area contributed by atoms with Crippen molar-refractivity contribution in [1.29, 1.82) is 0 Å². The van der Waals surface area contributed by atoms with E-state index in [-0.39, 0.29) is 6.10 Å². The Morgan fingerprint density at radius 2 is 1.96 bits per heavy atom. The zero-order valence-corrected chi connectivity index (χ0v) is 16.8. The molecule has 1 unspecified atom stereocenters. The van der Waals surface area contributed by atoms with Crippen molar-refractivity contribution < 1.29 is 5.11 Å². The molecule has 5 rings (SSSR count). The summed E-state index contributed by atoms with van der Waals surface area (Å²) in [6.45, 7) is 5.52. The van der Waals surface area contributed by atoms with Crippen LogP contribution in [-0.2, 0) is 13.1 Å². The standard InChI is InChI=1S/C20H26N6OS/c27-17-7-8-24(14-17)12-16-13-26(23-22-16)11-15-5-9-25(10-6-15)20-21-18-3-1-2-4-19(18)28-20/h1-4,13,15,17,27H,5-12,14H2. The molecule has 2 aromatic heterocycles. The highest BCUT2D eigenvalue weighted by molar-refractivity contribution is 7.22. The molecule has 148 valence electrons. The zero-order valence-electron chi connectivity index (χ0n) is 15.9. The average Bonchev–Trinajstić information content (AvgIpc) is 3.43. The second-order valence-corrected chi connectivity index (χ2v) is 9.01. The van der Waals surface area contributed by atoms with E-state index in [4.69, 9.17) is 4.98 Å². The SMILES string of the molecule is OC1CCN(Cc2cn(CC3CCN(c4nc5ccccc5s4)CC3)nn2)C1. The second kappa shape index (κ2) is 7.77. The molecule has 3 aromatic rings. The van der Waals surface area contributed by atoms with Crippen molar-refractivity contribution in [2.45, 2.75) is 38.5 Å². The number of hydrogen-bond donors (Lipinski definition) is 1. The minimum absolute atomic E-state index is 0.185. The predicted octanol–water partition coefficient (Wildman–Crippen LogP) is 2.37. The Morgan fingerprint density at radius 1 is 1.11 bits per heavy atom. The summed E-state index contributed by atoms with van der Waals surface area (Å²) in [7, 11) is 0. The monoisotopic (exact) mass is 398 g/mol. The van der Waals surface area contributed by atoms with Crippen LogP contribution in [0, 0.1) is 5.92 Å². The number of nitrogens with zero attached hydrogens (tertiary/aromatic N) is 6. The number of thiazole rings is 1. The first-order valence-corrected chi connectivity index (χ1v) is 10.9. The summed E-state index contributed by atoms with van der Waals surface area (Å²) >= 11 is 1.79. The Labute approximate surface area is 168 Å². The van der Waals surface area contributed by atoms with Crippen LogP contribution in [0.2, 0.25) is 0 Å². The van der Waals surface area contributed by atoms with Gasteiger partial charge in [-0.3, -0.25) is 9.58 Å². The van der Waals surface area contributed by atoms with Crippen molar-refractivity contribution in [3.8, 4) is 0 Å². The number of aromatic nitrogens is 4. The molecule has 0 amide bonds. The van der Waals surface area contributed by atoms with Crippen molar-refractivity contribution in [3.05, 3.63) is 36.2 Å². The van der Waals surface area contributed by atoms with E-state index in [0.717, 1.165) is 74.9 Å². The lowest BCUT2D eigenvalue weighted by Gasteiger charge is -2.31. The van der Waals surface area contributed by atoms with Crippen molar-refractivity contribution >= 4 is 26.7 Å². The molecule has 2 saturated heterocycles. The fourth-order valence-electron chi connectivity index (χ4n) is 4.25. The topological polar surface area (TPSA) is 70.3 Å². The van der Waals surface area contributed by atoms with E-state index < -0.39 is 0 Å². The highest BCUT2D eigenvalue weighted by Gasteiger charge is 2.23. The molecule has 0 spiro atoms. The van der Waals surface area contributed by atoms with Crippen LogP contribution in [0.3, 0.4) is 0 Å². The summed E-state index contributed by atoms with van der Waals surface area (Å²) in [4.78, 5) is 9.47. The van der Waals surface area contributed by atoms with E-state index >= 15 is 0 Å². The molecule has 0 saturated carbocycles. The fourth-order valence-corrected chi connectivity index (χ4v) is 5.27. The van der Waals surface area contributed by atoms with Crippen LogP contribution in [0.1, 0.15) is 25.0 Å². The molecule has 0 aliphatic carbocycles. The van der Waals surface area contributed by atoms with Gasteiger partial charge in [-0.1, -0.05) is 28.7 Å². The predicted molar refractivity (Wildman–Crippen MR) is 110 cm³/mol. The lowest BCUT2D eigenvalue weighted by Crippen LogP contribution is -2.35. The average molecular weight is 399 g/mol. The molecule has 4 heterocycles. The first kappa shape index (κ1) is 18.0. The normalized spacial score (nSPS) is 21.8. The van der Waals surface area contributed by atoms with Gasteiger partial charge in [0.2, 0.25) is 0 Å². The number of anilines is 1. The van der Waals surface area contributed by atoms with Crippen molar-refractivity contribution in [3.63, 3.8) is 0 Å². The first-order chi connectivity index (χ1) is 13.7. The highest BCUT2D eigenvalue weighted by Crippen LogP contribution is 2.31. The van der Waals surface area contributed by atoms with Gasteiger partial charge in [-0.05, 0) is 37.3 Å². The van der Waals surface area contributed by atoms with Crippen LogP contribution in [-0.4, -0.2) is 62.3 Å². The maximum atomic E-state index is 9.65. The van der Waals surface area contributed by atoms with Crippen molar-refractivity contribution in [2.75, 3.05) is 31.1 Å². The molecule has 7 nitrogen and oxygen atoms in total. The number of aliphatic hydroxyl groups is 1. The van der Waals surface area contributed by atoms with E-state index in [1.807, 2.05) is 4.68 Å². The highest BCUT2D eigenvalue weighted by atomic mass is 32.1. The maximum absolute atomic E-state index is 9.65. The van der Waals surface area contributed by atoms with Gasteiger partial charge in [-0.15, -0.1) is 5.10 Å². The van der Waals surface area contributed by atoms with Crippen LogP contribution in [0.4, 0.5) is 5.13 Å². The smallest absolute Gasteiger partial charge is 0.186 e. The van der Waals surface area contributed by atoms with Gasteiger partial charge in [0.25, 0.3) is 0 Å². The minimum Gasteiger partial charge on any atom is -0.392 e. The van der Waals surface area contributed by atoms with Gasteiger partial charge in [0, 0.05) is 45.5 Å². The number of benzene rings is 1. The third-order valence-electron chi connectivity index (χ3n) is 5.83. The van der Waals surface area contributed by atoms with Gasteiger partial charge in [-0.2, -0.15) is 0 Å². The Hall–Kier alpha value is -2.03. The van der Waals surface area contributed by atoms with E-state index in [9.17, 15) is 5.11 Å². The van der Waals surface area contributed by atoms with Crippen molar-refractivity contribution in [2.24, 2.45) is 5.92 Å². The van der Waals surface area contributed by atoms with Gasteiger partial charge in [-0.25, -0.2) is 4.98 Å². The third kappa shape index (κ3) is 3.90. The van der Waals surface area contributed by atoms with Crippen molar-refractivity contribution in [1.82, 2.24) is 24.9 Å². The number of aliphatic hydroxyl groups excluding tert-OH is 1. The number of fused-ring (bicyclic) bond motifs is 1. The fraction of sp³-hybridized carbons (Fsp3) is 0.550. The summed E-state index contributed by atoms with van der Waals surface area (Å²) in [6.07, 6.45) is 5.06. The molecule has 2 aliphatic heterocycles. The minimum atomic E-state index is -0.185. The summed E-state index contributed by atoms with van der Waals surface area (Å²) in [5.74, 6) is 0.633. The van der Waals surface area contributed by atoms with Gasteiger partial charge in [0.1, 0.15) is 0 Å². The molecule has 0 bridgehead atoms. The largest absolute Gasteiger partial charge is 0.392 e. The van der Waals surface area contributed by atoms with Gasteiger partial charge < -0.3 is 10.0 Å². The third-order valence-corrected chi connectivity index (χ3v) is 6.93. The number of para-hydroxylation sites is 1. The molecule has 2 fully saturated rings. The quantitative estimate of drug-likeness (QED) is 0.712. The molecular formula is C20H26N6OS.